The number of rotatable bonds is 7. The molecule has 0 radical (unpaired) electrons. The number of hydrogen-bond donors (Lipinski definition) is 2. The van der Waals surface area contributed by atoms with Crippen molar-refractivity contribution in [2.75, 3.05) is 6.61 Å². The van der Waals surface area contributed by atoms with Crippen LogP contribution in [-0.4, -0.2) is 25.0 Å². The molecule has 2 rings (SSSR count). The molecule has 0 aliphatic carbocycles. The van der Waals surface area contributed by atoms with Crippen LogP contribution in [0.5, 0.6) is 11.5 Å². The zero-order valence-electron chi connectivity index (χ0n) is 13.4. The van der Waals surface area contributed by atoms with Crippen LogP contribution in [0, 0.1) is 0 Å². The van der Waals surface area contributed by atoms with Crippen LogP contribution in [-0.2, 0) is 16.0 Å². The lowest BCUT2D eigenvalue weighted by atomic mass is 10.1. The molecule has 0 aromatic heterocycles. The van der Waals surface area contributed by atoms with Gasteiger partial charge in [0.05, 0.1) is 6.42 Å². The Morgan fingerprint density at radius 1 is 1.00 bits per heavy atom. The first-order chi connectivity index (χ1) is 12.4. The molecule has 0 fully saturated rings. The Morgan fingerprint density at radius 2 is 1.69 bits per heavy atom. The zero-order valence-corrected chi connectivity index (χ0v) is 15.0. The van der Waals surface area contributed by atoms with Gasteiger partial charge in [-0.25, -0.2) is 0 Å². The van der Waals surface area contributed by atoms with E-state index in [-0.39, 0.29) is 18.8 Å². The first-order valence-electron chi connectivity index (χ1n) is 7.42. The highest BCUT2D eigenvalue weighted by molar-refractivity contribution is 9.10. The van der Waals surface area contributed by atoms with Crippen LogP contribution in [0.25, 0.3) is 0 Å². The number of benzene rings is 2. The van der Waals surface area contributed by atoms with Crippen molar-refractivity contribution < 1.29 is 27.8 Å². The average molecular weight is 429 g/mol. The van der Waals surface area contributed by atoms with Crippen molar-refractivity contribution in [1.29, 1.82) is 0 Å². The van der Waals surface area contributed by atoms with Crippen molar-refractivity contribution in [2.24, 2.45) is 0 Å². The molecule has 0 saturated heterocycles. The molecule has 0 aliphatic rings. The number of halogens is 3. The molecule has 26 heavy (non-hydrogen) atoms. The van der Waals surface area contributed by atoms with E-state index in [1.54, 1.807) is 30.3 Å². The molecule has 6 nitrogen and oxygen atoms in total. The SMILES string of the molecule is O=C(COc1ccc(Br)cc1)NNC(=O)Cc1cccc(OC(F)F)c1. The standard InChI is InChI=1S/C17H15BrF2N2O4/c18-12-4-6-13(7-5-12)25-10-16(24)22-21-15(23)9-11-2-1-3-14(8-11)26-17(19)20/h1-8,17H,9-10H2,(H,21,23)(H,22,24). The minimum atomic E-state index is -2.94. The summed E-state index contributed by atoms with van der Waals surface area (Å²) in [6.07, 6.45) is -0.117. The van der Waals surface area contributed by atoms with Gasteiger partial charge in [0, 0.05) is 4.47 Å². The summed E-state index contributed by atoms with van der Waals surface area (Å²) in [5, 5.41) is 0. The van der Waals surface area contributed by atoms with E-state index in [1.807, 2.05) is 0 Å². The Morgan fingerprint density at radius 3 is 2.38 bits per heavy atom. The summed E-state index contributed by atoms with van der Waals surface area (Å²) in [5.41, 5.74) is 4.89. The largest absolute Gasteiger partial charge is 0.484 e. The summed E-state index contributed by atoms with van der Waals surface area (Å²) in [6.45, 7) is -3.22. The quantitative estimate of drug-likeness (QED) is 0.664. The second-order valence-electron chi connectivity index (χ2n) is 5.04. The first kappa shape index (κ1) is 19.6. The lowest BCUT2D eigenvalue weighted by Crippen LogP contribution is -2.44. The maximum atomic E-state index is 12.2. The third kappa shape index (κ3) is 7.06. The number of hydrazine groups is 1. The monoisotopic (exact) mass is 428 g/mol. The Hall–Kier alpha value is -2.68. The van der Waals surface area contributed by atoms with E-state index in [0.29, 0.717) is 11.3 Å². The van der Waals surface area contributed by atoms with Crippen molar-refractivity contribution in [3.8, 4) is 11.5 Å². The molecule has 0 bridgehead atoms. The van der Waals surface area contributed by atoms with Crippen LogP contribution in [0.4, 0.5) is 8.78 Å². The van der Waals surface area contributed by atoms with Gasteiger partial charge in [-0.05, 0) is 42.0 Å². The zero-order chi connectivity index (χ0) is 18.9. The van der Waals surface area contributed by atoms with Crippen LogP contribution in [0.1, 0.15) is 5.56 Å². The van der Waals surface area contributed by atoms with E-state index in [4.69, 9.17) is 4.74 Å². The lowest BCUT2D eigenvalue weighted by Gasteiger charge is -2.10. The van der Waals surface area contributed by atoms with Gasteiger partial charge in [0.25, 0.3) is 5.91 Å². The normalized spacial score (nSPS) is 10.3. The topological polar surface area (TPSA) is 76.7 Å². The molecule has 0 heterocycles. The predicted molar refractivity (Wildman–Crippen MR) is 92.7 cm³/mol. The van der Waals surface area contributed by atoms with Gasteiger partial charge in [0.2, 0.25) is 5.91 Å². The summed E-state index contributed by atoms with van der Waals surface area (Å²) in [7, 11) is 0. The number of carbonyl (C=O) groups is 2. The highest BCUT2D eigenvalue weighted by Gasteiger charge is 2.09. The second kappa shape index (κ2) is 9.71. The first-order valence-corrected chi connectivity index (χ1v) is 8.21. The number of ether oxygens (including phenoxy) is 2. The Bertz CT molecular complexity index is 757. The van der Waals surface area contributed by atoms with E-state index in [9.17, 15) is 18.4 Å². The molecule has 2 amide bonds. The van der Waals surface area contributed by atoms with Crippen LogP contribution < -0.4 is 20.3 Å². The van der Waals surface area contributed by atoms with Crippen LogP contribution in [0.15, 0.2) is 53.0 Å². The minimum absolute atomic E-state index is 0.0442. The molecule has 0 unspecified atom stereocenters. The molecule has 0 aliphatic heterocycles. The minimum Gasteiger partial charge on any atom is -0.484 e. The van der Waals surface area contributed by atoms with Crippen molar-refractivity contribution in [2.45, 2.75) is 13.0 Å². The predicted octanol–water partition coefficient (Wildman–Crippen LogP) is 2.82. The van der Waals surface area contributed by atoms with E-state index >= 15 is 0 Å². The molecule has 9 heteroatoms. The molecule has 0 saturated carbocycles. The highest BCUT2D eigenvalue weighted by Crippen LogP contribution is 2.17. The van der Waals surface area contributed by atoms with E-state index in [2.05, 4.69) is 31.5 Å². The molecule has 138 valence electrons. The maximum Gasteiger partial charge on any atom is 0.387 e. The smallest absolute Gasteiger partial charge is 0.387 e. The molecule has 2 N–H and O–H groups in total. The number of alkyl halides is 2. The van der Waals surface area contributed by atoms with Gasteiger partial charge < -0.3 is 9.47 Å². The Balaban J connectivity index is 1.74. The number of hydrogen-bond acceptors (Lipinski definition) is 4. The fraction of sp³-hybridized carbons (Fsp3) is 0.176. The summed E-state index contributed by atoms with van der Waals surface area (Å²) < 4.78 is 34.7. The summed E-state index contributed by atoms with van der Waals surface area (Å²) in [4.78, 5) is 23.5. The van der Waals surface area contributed by atoms with Crippen LogP contribution in [0.3, 0.4) is 0 Å². The van der Waals surface area contributed by atoms with E-state index in [0.717, 1.165) is 4.47 Å². The third-order valence-corrected chi connectivity index (χ3v) is 3.54. The summed E-state index contributed by atoms with van der Waals surface area (Å²) in [6, 6.07) is 12.6. The van der Waals surface area contributed by atoms with Crippen LogP contribution in [0.2, 0.25) is 0 Å². The lowest BCUT2D eigenvalue weighted by molar-refractivity contribution is -0.129. The van der Waals surface area contributed by atoms with Gasteiger partial charge in [-0.1, -0.05) is 28.1 Å². The van der Waals surface area contributed by atoms with Crippen LogP contribution >= 0.6 is 15.9 Å². The van der Waals surface area contributed by atoms with Gasteiger partial charge >= 0.3 is 6.61 Å². The fourth-order valence-corrected chi connectivity index (χ4v) is 2.18. The van der Waals surface area contributed by atoms with Crippen molar-refractivity contribution >= 4 is 27.7 Å². The molecule has 2 aromatic rings. The highest BCUT2D eigenvalue weighted by atomic mass is 79.9. The van der Waals surface area contributed by atoms with Gasteiger partial charge in [-0.2, -0.15) is 8.78 Å². The van der Waals surface area contributed by atoms with Gasteiger partial charge in [-0.3, -0.25) is 20.4 Å². The summed E-state index contributed by atoms with van der Waals surface area (Å²) >= 11 is 3.28. The Kier molecular flexibility index (Phi) is 7.34. The van der Waals surface area contributed by atoms with Crippen molar-refractivity contribution in [3.63, 3.8) is 0 Å². The number of amides is 2. The van der Waals surface area contributed by atoms with Gasteiger partial charge in [0.1, 0.15) is 11.5 Å². The number of nitrogens with one attached hydrogen (secondary N) is 2. The molecule has 0 atom stereocenters. The molecular formula is C17H15BrF2N2O4. The summed E-state index contributed by atoms with van der Waals surface area (Å²) in [5.74, 6) is -0.602. The molecule has 0 spiro atoms. The van der Waals surface area contributed by atoms with E-state index in [1.165, 1.54) is 18.2 Å². The molecule has 2 aromatic carbocycles. The number of carbonyl (C=O) groups excluding carboxylic acids is 2. The van der Waals surface area contributed by atoms with Crippen molar-refractivity contribution in [1.82, 2.24) is 10.9 Å². The third-order valence-electron chi connectivity index (χ3n) is 3.01. The molecular weight excluding hydrogens is 414 g/mol. The van der Waals surface area contributed by atoms with Gasteiger partial charge in [0.15, 0.2) is 6.61 Å². The average Bonchev–Trinajstić information content (AvgIpc) is 2.59. The second-order valence-corrected chi connectivity index (χ2v) is 5.96. The van der Waals surface area contributed by atoms with Gasteiger partial charge in [-0.15, -0.1) is 0 Å². The Labute approximate surface area is 156 Å². The van der Waals surface area contributed by atoms with Crippen molar-refractivity contribution in [3.05, 3.63) is 58.6 Å². The maximum absolute atomic E-state index is 12.2. The van der Waals surface area contributed by atoms with E-state index < -0.39 is 18.4 Å². The fourth-order valence-electron chi connectivity index (χ4n) is 1.92.